The third-order valence-corrected chi connectivity index (χ3v) is 5.31. The van der Waals surface area contributed by atoms with Crippen molar-refractivity contribution < 1.29 is 4.79 Å². The topological polar surface area (TPSA) is 32.3 Å². The summed E-state index contributed by atoms with van der Waals surface area (Å²) < 4.78 is 0. The molecule has 2 rings (SSSR count). The second kappa shape index (κ2) is 6.74. The summed E-state index contributed by atoms with van der Waals surface area (Å²) in [6.07, 6.45) is 7.55. The van der Waals surface area contributed by atoms with Crippen LogP contribution < -0.4 is 5.32 Å². The van der Waals surface area contributed by atoms with Crippen LogP contribution in [0, 0.1) is 11.8 Å². The quantitative estimate of drug-likeness (QED) is 0.852. The molecule has 0 aromatic carbocycles. The van der Waals surface area contributed by atoms with Crippen molar-refractivity contribution in [1.82, 2.24) is 10.2 Å². The molecule has 19 heavy (non-hydrogen) atoms. The third-order valence-electron chi connectivity index (χ3n) is 5.31. The van der Waals surface area contributed by atoms with E-state index in [2.05, 4.69) is 31.0 Å². The van der Waals surface area contributed by atoms with Crippen LogP contribution in [0.5, 0.6) is 0 Å². The first-order valence-corrected chi connectivity index (χ1v) is 8.12. The molecule has 1 aliphatic heterocycles. The number of amides is 1. The number of hydrogen-bond donors (Lipinski definition) is 1. The number of hydrogen-bond acceptors (Lipinski definition) is 2. The molecule has 1 aliphatic carbocycles. The molecule has 1 saturated carbocycles. The molecule has 110 valence electrons. The molecule has 1 N–H and O–H groups in total. The van der Waals surface area contributed by atoms with Gasteiger partial charge in [0.2, 0.25) is 5.91 Å². The van der Waals surface area contributed by atoms with Gasteiger partial charge < -0.3 is 10.2 Å². The van der Waals surface area contributed by atoms with E-state index in [-0.39, 0.29) is 0 Å². The standard InChI is InChI=1S/C16H30N2O/c1-12(15-7-5-4-6-8-15)11-16(19)18-10-9-17-13(2)14(18)3/h12-15,17H,4-11H2,1-3H3. The van der Waals surface area contributed by atoms with Crippen LogP contribution in [0.1, 0.15) is 59.3 Å². The van der Waals surface area contributed by atoms with E-state index in [0.717, 1.165) is 25.4 Å². The van der Waals surface area contributed by atoms with Crippen molar-refractivity contribution in [3.05, 3.63) is 0 Å². The number of nitrogens with one attached hydrogen (secondary N) is 1. The fourth-order valence-corrected chi connectivity index (χ4v) is 3.67. The Labute approximate surface area is 118 Å². The van der Waals surface area contributed by atoms with E-state index in [1.54, 1.807) is 0 Å². The molecule has 0 bridgehead atoms. The summed E-state index contributed by atoms with van der Waals surface area (Å²) in [4.78, 5) is 14.6. The van der Waals surface area contributed by atoms with Gasteiger partial charge in [-0.15, -0.1) is 0 Å². The SMILES string of the molecule is CC(CC(=O)N1CCNC(C)C1C)C1CCCCC1. The van der Waals surface area contributed by atoms with E-state index in [1.165, 1.54) is 32.1 Å². The van der Waals surface area contributed by atoms with Gasteiger partial charge in [0.1, 0.15) is 0 Å². The van der Waals surface area contributed by atoms with Gasteiger partial charge in [-0.3, -0.25) is 4.79 Å². The first-order chi connectivity index (χ1) is 9.09. The van der Waals surface area contributed by atoms with Gasteiger partial charge in [-0.2, -0.15) is 0 Å². The molecule has 0 aromatic rings. The molecule has 2 aliphatic rings. The molecule has 2 fully saturated rings. The molecule has 3 heteroatoms. The molecular weight excluding hydrogens is 236 g/mol. The third kappa shape index (κ3) is 3.71. The van der Waals surface area contributed by atoms with Crippen LogP contribution in [0.4, 0.5) is 0 Å². The lowest BCUT2D eigenvalue weighted by Gasteiger charge is -2.39. The number of rotatable bonds is 3. The summed E-state index contributed by atoms with van der Waals surface area (Å²) >= 11 is 0. The summed E-state index contributed by atoms with van der Waals surface area (Å²) in [6.45, 7) is 8.44. The van der Waals surface area contributed by atoms with Gasteiger partial charge in [0, 0.05) is 31.6 Å². The van der Waals surface area contributed by atoms with Crippen LogP contribution in [0.25, 0.3) is 0 Å². The largest absolute Gasteiger partial charge is 0.337 e. The van der Waals surface area contributed by atoms with E-state index >= 15 is 0 Å². The van der Waals surface area contributed by atoms with Crippen LogP contribution in [-0.4, -0.2) is 36.0 Å². The number of carbonyl (C=O) groups excluding carboxylic acids is 1. The van der Waals surface area contributed by atoms with Crippen molar-refractivity contribution in [3.63, 3.8) is 0 Å². The summed E-state index contributed by atoms with van der Waals surface area (Å²) in [5, 5.41) is 3.44. The van der Waals surface area contributed by atoms with Gasteiger partial charge in [-0.05, 0) is 25.7 Å². The highest BCUT2D eigenvalue weighted by atomic mass is 16.2. The highest BCUT2D eigenvalue weighted by Crippen LogP contribution is 2.32. The van der Waals surface area contributed by atoms with Crippen LogP contribution in [-0.2, 0) is 4.79 Å². The average molecular weight is 266 g/mol. The smallest absolute Gasteiger partial charge is 0.223 e. The Bertz CT molecular complexity index is 299. The summed E-state index contributed by atoms with van der Waals surface area (Å²) in [5.74, 6) is 1.72. The molecule has 3 atom stereocenters. The molecule has 3 unspecified atom stereocenters. The number of nitrogens with zero attached hydrogens (tertiary/aromatic N) is 1. The highest BCUT2D eigenvalue weighted by Gasteiger charge is 2.30. The Morgan fingerprint density at radius 2 is 1.95 bits per heavy atom. The minimum atomic E-state index is 0.333. The van der Waals surface area contributed by atoms with Crippen LogP contribution >= 0.6 is 0 Å². The molecule has 1 amide bonds. The maximum atomic E-state index is 12.5. The molecule has 1 heterocycles. The molecule has 1 saturated heterocycles. The zero-order valence-corrected chi connectivity index (χ0v) is 12.8. The van der Waals surface area contributed by atoms with Crippen LogP contribution in [0.3, 0.4) is 0 Å². The monoisotopic (exact) mass is 266 g/mol. The maximum absolute atomic E-state index is 12.5. The summed E-state index contributed by atoms with van der Waals surface area (Å²) in [6, 6.07) is 0.752. The molecule has 0 radical (unpaired) electrons. The fraction of sp³-hybridized carbons (Fsp3) is 0.938. The van der Waals surface area contributed by atoms with Crippen molar-refractivity contribution in [2.75, 3.05) is 13.1 Å². The van der Waals surface area contributed by atoms with Gasteiger partial charge in [0.25, 0.3) is 0 Å². The second-order valence-electron chi connectivity index (χ2n) is 6.65. The van der Waals surface area contributed by atoms with Crippen molar-refractivity contribution >= 4 is 5.91 Å². The Hall–Kier alpha value is -0.570. The minimum Gasteiger partial charge on any atom is -0.337 e. The number of carbonyl (C=O) groups is 1. The Kier molecular flexibility index (Phi) is 5.26. The summed E-state index contributed by atoms with van der Waals surface area (Å²) in [5.41, 5.74) is 0. The Morgan fingerprint density at radius 3 is 2.63 bits per heavy atom. The minimum absolute atomic E-state index is 0.333. The van der Waals surface area contributed by atoms with Gasteiger partial charge >= 0.3 is 0 Å². The average Bonchev–Trinajstić information content (AvgIpc) is 2.42. The first-order valence-electron chi connectivity index (χ1n) is 8.12. The normalized spacial score (nSPS) is 31.2. The van der Waals surface area contributed by atoms with E-state index in [9.17, 15) is 4.79 Å². The van der Waals surface area contributed by atoms with Gasteiger partial charge in [0.05, 0.1) is 0 Å². The predicted octanol–water partition coefficient (Wildman–Crippen LogP) is 2.80. The van der Waals surface area contributed by atoms with E-state index in [0.29, 0.717) is 23.9 Å². The van der Waals surface area contributed by atoms with Crippen LogP contribution in [0.15, 0.2) is 0 Å². The second-order valence-corrected chi connectivity index (χ2v) is 6.65. The maximum Gasteiger partial charge on any atom is 0.223 e. The molecule has 0 spiro atoms. The lowest BCUT2D eigenvalue weighted by molar-refractivity contribution is -0.136. The van der Waals surface area contributed by atoms with E-state index in [1.807, 2.05) is 0 Å². The first kappa shape index (κ1) is 14.8. The van der Waals surface area contributed by atoms with Crippen molar-refractivity contribution in [3.8, 4) is 0 Å². The number of piperazine rings is 1. The van der Waals surface area contributed by atoms with Crippen molar-refractivity contribution in [1.29, 1.82) is 0 Å². The van der Waals surface area contributed by atoms with Gasteiger partial charge in [-0.25, -0.2) is 0 Å². The zero-order valence-electron chi connectivity index (χ0n) is 12.8. The summed E-state index contributed by atoms with van der Waals surface area (Å²) in [7, 11) is 0. The lowest BCUT2D eigenvalue weighted by Crippen LogP contribution is -2.57. The Morgan fingerprint density at radius 1 is 1.26 bits per heavy atom. The van der Waals surface area contributed by atoms with E-state index in [4.69, 9.17) is 0 Å². The Balaban J connectivity index is 1.85. The predicted molar refractivity (Wildman–Crippen MR) is 79.0 cm³/mol. The highest BCUT2D eigenvalue weighted by molar-refractivity contribution is 5.77. The molecule has 0 aromatic heterocycles. The molecule has 3 nitrogen and oxygen atoms in total. The fourth-order valence-electron chi connectivity index (χ4n) is 3.67. The van der Waals surface area contributed by atoms with Gasteiger partial charge in [-0.1, -0.05) is 39.0 Å². The van der Waals surface area contributed by atoms with Crippen molar-refractivity contribution in [2.45, 2.75) is 71.4 Å². The van der Waals surface area contributed by atoms with E-state index < -0.39 is 0 Å². The van der Waals surface area contributed by atoms with Crippen molar-refractivity contribution in [2.24, 2.45) is 11.8 Å². The van der Waals surface area contributed by atoms with Crippen LogP contribution in [0.2, 0.25) is 0 Å². The molecular formula is C16H30N2O. The van der Waals surface area contributed by atoms with Gasteiger partial charge in [0.15, 0.2) is 0 Å². The zero-order chi connectivity index (χ0) is 13.8. The lowest BCUT2D eigenvalue weighted by atomic mass is 9.79.